The summed E-state index contributed by atoms with van der Waals surface area (Å²) in [4.78, 5) is 27.6. The minimum absolute atomic E-state index is 0.0107. The molecular weight excluding hydrogens is 406 g/mol. The number of rotatable bonds is 4. The Bertz CT molecular complexity index is 1270. The largest absolute Gasteiger partial charge is 0.370 e. The number of para-hydroxylation sites is 1. The van der Waals surface area contributed by atoms with Crippen molar-refractivity contribution >= 4 is 34.4 Å². The van der Waals surface area contributed by atoms with Crippen LogP contribution in [0.4, 0.5) is 11.4 Å². The molecule has 0 spiro atoms. The normalized spacial score (nSPS) is 14.7. The van der Waals surface area contributed by atoms with Crippen LogP contribution in [-0.2, 0) is 6.54 Å². The fourth-order valence-electron chi connectivity index (χ4n) is 3.88. The third-order valence-corrected chi connectivity index (χ3v) is 6.47. The molecule has 0 radical (unpaired) electrons. The first kappa shape index (κ1) is 19.3. The first-order valence-corrected chi connectivity index (χ1v) is 10.9. The van der Waals surface area contributed by atoms with Crippen molar-refractivity contribution in [3.05, 3.63) is 106 Å². The maximum absolute atomic E-state index is 13.4. The highest BCUT2D eigenvalue weighted by Gasteiger charge is 2.28. The molecular formula is C25H21N3O2S. The van der Waals surface area contributed by atoms with Gasteiger partial charge in [-0.05, 0) is 67.1 Å². The number of hydrogen-bond acceptors (Lipinski definition) is 4. The van der Waals surface area contributed by atoms with Crippen molar-refractivity contribution in [2.75, 3.05) is 10.6 Å². The molecule has 0 saturated heterocycles. The van der Waals surface area contributed by atoms with Gasteiger partial charge in [0.1, 0.15) is 6.04 Å². The number of aryl methyl sites for hydroxylation is 1. The highest BCUT2D eigenvalue weighted by atomic mass is 32.1. The highest BCUT2D eigenvalue weighted by molar-refractivity contribution is 7.14. The van der Waals surface area contributed by atoms with Crippen LogP contribution in [0, 0.1) is 6.92 Å². The Morgan fingerprint density at radius 3 is 2.58 bits per heavy atom. The van der Waals surface area contributed by atoms with Crippen molar-refractivity contribution in [2.24, 2.45) is 0 Å². The summed E-state index contributed by atoms with van der Waals surface area (Å²) in [6.07, 6.45) is 2.00. The van der Waals surface area contributed by atoms with Crippen molar-refractivity contribution in [3.63, 3.8) is 0 Å². The number of nitrogens with zero attached hydrogens (tertiary/aromatic N) is 1. The molecule has 5 nitrogen and oxygen atoms in total. The maximum atomic E-state index is 13.4. The predicted octanol–water partition coefficient (Wildman–Crippen LogP) is 5.51. The van der Waals surface area contributed by atoms with Crippen LogP contribution in [0.25, 0.3) is 0 Å². The van der Waals surface area contributed by atoms with E-state index in [9.17, 15) is 9.59 Å². The number of thiophene rings is 1. The van der Waals surface area contributed by atoms with Gasteiger partial charge in [-0.15, -0.1) is 11.3 Å². The Hall–Kier alpha value is -3.64. The van der Waals surface area contributed by atoms with Gasteiger partial charge in [0.15, 0.2) is 5.78 Å². The van der Waals surface area contributed by atoms with Crippen molar-refractivity contribution < 1.29 is 9.59 Å². The molecule has 1 unspecified atom stereocenters. The third kappa shape index (κ3) is 3.78. The number of anilines is 2. The Morgan fingerprint density at radius 1 is 1.00 bits per heavy atom. The van der Waals surface area contributed by atoms with Crippen LogP contribution >= 0.6 is 11.3 Å². The molecule has 31 heavy (non-hydrogen) atoms. The number of benzene rings is 2. The van der Waals surface area contributed by atoms with E-state index in [2.05, 4.69) is 21.3 Å². The van der Waals surface area contributed by atoms with Crippen LogP contribution < -0.4 is 10.6 Å². The standard InChI is InChI=1S/C25H21N3O2S/c1-16-8-13-22(31-16)25(30)26-19-11-9-17(10-12-19)24(29)23-21-7-4-14-28(21)15-18-5-2-3-6-20(18)27-23/h2-14,23,27H,15H2,1H3,(H,26,30). The van der Waals surface area contributed by atoms with Crippen LogP contribution in [-0.4, -0.2) is 16.3 Å². The highest BCUT2D eigenvalue weighted by Crippen LogP contribution is 2.31. The minimum atomic E-state index is -0.479. The summed E-state index contributed by atoms with van der Waals surface area (Å²) in [6, 6.07) is 22.4. The maximum Gasteiger partial charge on any atom is 0.265 e. The molecule has 0 fully saturated rings. The number of carbonyl (C=O) groups excluding carboxylic acids is 2. The van der Waals surface area contributed by atoms with E-state index in [1.165, 1.54) is 11.3 Å². The first-order chi connectivity index (χ1) is 15.1. The number of amides is 1. The van der Waals surface area contributed by atoms with Gasteiger partial charge in [-0.3, -0.25) is 9.59 Å². The van der Waals surface area contributed by atoms with E-state index in [1.54, 1.807) is 24.3 Å². The molecule has 4 aromatic rings. The van der Waals surface area contributed by atoms with Crippen molar-refractivity contribution in [2.45, 2.75) is 19.5 Å². The fraction of sp³-hybridized carbons (Fsp3) is 0.120. The first-order valence-electron chi connectivity index (χ1n) is 10.1. The lowest BCUT2D eigenvalue weighted by molar-refractivity contribution is 0.0966. The van der Waals surface area contributed by atoms with E-state index in [4.69, 9.17) is 0 Å². The topological polar surface area (TPSA) is 63.1 Å². The molecule has 1 atom stereocenters. The van der Waals surface area contributed by atoms with Gasteiger partial charge in [0.05, 0.1) is 4.88 Å². The summed E-state index contributed by atoms with van der Waals surface area (Å²) in [6.45, 7) is 2.70. The summed E-state index contributed by atoms with van der Waals surface area (Å²) >= 11 is 1.46. The summed E-state index contributed by atoms with van der Waals surface area (Å²) in [5.74, 6) is -0.152. The van der Waals surface area contributed by atoms with Crippen molar-refractivity contribution in [3.8, 4) is 0 Å². The van der Waals surface area contributed by atoms with Crippen LogP contribution in [0.5, 0.6) is 0 Å². The number of hydrogen-bond donors (Lipinski definition) is 2. The number of aromatic nitrogens is 1. The summed E-state index contributed by atoms with van der Waals surface area (Å²) in [5.41, 5.74) is 4.31. The second kappa shape index (κ2) is 7.89. The molecule has 1 aliphatic heterocycles. The lowest BCUT2D eigenvalue weighted by Crippen LogP contribution is -2.22. The fourth-order valence-corrected chi connectivity index (χ4v) is 4.64. The van der Waals surface area contributed by atoms with Crippen molar-refractivity contribution in [1.82, 2.24) is 4.57 Å². The number of carbonyl (C=O) groups is 2. The van der Waals surface area contributed by atoms with Crippen LogP contribution in [0.3, 0.4) is 0 Å². The van der Waals surface area contributed by atoms with E-state index in [-0.39, 0.29) is 11.7 Å². The van der Waals surface area contributed by atoms with Gasteiger partial charge < -0.3 is 15.2 Å². The van der Waals surface area contributed by atoms with Gasteiger partial charge in [0.2, 0.25) is 0 Å². The van der Waals surface area contributed by atoms with E-state index >= 15 is 0 Å². The molecule has 2 aromatic carbocycles. The number of ketones is 1. The quantitative estimate of drug-likeness (QED) is 0.422. The molecule has 154 valence electrons. The second-order valence-corrected chi connectivity index (χ2v) is 8.89. The predicted molar refractivity (Wildman–Crippen MR) is 124 cm³/mol. The molecule has 0 saturated carbocycles. The lowest BCUT2D eigenvalue weighted by Gasteiger charge is -2.18. The number of nitrogens with one attached hydrogen (secondary N) is 2. The lowest BCUT2D eigenvalue weighted by atomic mass is 10.0. The van der Waals surface area contributed by atoms with Crippen LogP contribution in [0.15, 0.2) is 79.0 Å². The molecule has 1 aliphatic rings. The van der Waals surface area contributed by atoms with Gasteiger partial charge in [0, 0.05) is 40.3 Å². The van der Waals surface area contributed by atoms with E-state index < -0.39 is 6.04 Å². The van der Waals surface area contributed by atoms with E-state index in [0.29, 0.717) is 16.1 Å². The average Bonchev–Trinajstić information content (AvgIpc) is 3.39. The Labute approximate surface area is 184 Å². The van der Waals surface area contributed by atoms with E-state index in [0.717, 1.165) is 28.4 Å². The monoisotopic (exact) mass is 427 g/mol. The van der Waals surface area contributed by atoms with E-state index in [1.807, 2.05) is 55.6 Å². The molecule has 0 bridgehead atoms. The summed E-state index contributed by atoms with van der Waals surface area (Å²) in [7, 11) is 0. The van der Waals surface area contributed by atoms with Crippen LogP contribution in [0.1, 0.15) is 42.2 Å². The zero-order valence-corrected chi connectivity index (χ0v) is 17.8. The van der Waals surface area contributed by atoms with Crippen LogP contribution in [0.2, 0.25) is 0 Å². The number of fused-ring (bicyclic) bond motifs is 2. The molecule has 2 aromatic heterocycles. The molecule has 3 heterocycles. The van der Waals surface area contributed by atoms with Gasteiger partial charge in [-0.2, -0.15) is 0 Å². The molecule has 6 heteroatoms. The SMILES string of the molecule is Cc1ccc(C(=O)Nc2ccc(C(=O)C3Nc4ccccc4Cn4cccc43)cc2)s1. The molecule has 2 N–H and O–H groups in total. The zero-order chi connectivity index (χ0) is 21.4. The van der Waals surface area contributed by atoms with Gasteiger partial charge >= 0.3 is 0 Å². The number of Topliss-reactive ketones (excluding diaryl/α,β-unsaturated/α-hetero) is 1. The molecule has 0 aliphatic carbocycles. The average molecular weight is 428 g/mol. The van der Waals surface area contributed by atoms with Gasteiger partial charge in [-0.1, -0.05) is 18.2 Å². The Balaban J connectivity index is 1.38. The smallest absolute Gasteiger partial charge is 0.265 e. The summed E-state index contributed by atoms with van der Waals surface area (Å²) < 4.78 is 2.11. The third-order valence-electron chi connectivity index (χ3n) is 5.47. The van der Waals surface area contributed by atoms with Gasteiger partial charge in [0.25, 0.3) is 5.91 Å². The summed E-state index contributed by atoms with van der Waals surface area (Å²) in [5, 5.41) is 6.32. The Morgan fingerprint density at radius 2 is 1.81 bits per heavy atom. The Kier molecular flexibility index (Phi) is 4.92. The molecule has 1 amide bonds. The molecule has 5 rings (SSSR count). The van der Waals surface area contributed by atoms with Crippen molar-refractivity contribution in [1.29, 1.82) is 0 Å². The zero-order valence-electron chi connectivity index (χ0n) is 17.0. The van der Waals surface area contributed by atoms with Gasteiger partial charge in [-0.25, -0.2) is 0 Å². The minimum Gasteiger partial charge on any atom is -0.370 e. The second-order valence-electron chi connectivity index (χ2n) is 7.60.